The van der Waals surface area contributed by atoms with Crippen LogP contribution in [0, 0.1) is 10.8 Å². The maximum atomic E-state index is 12.1. The third-order valence-electron chi connectivity index (χ3n) is 4.93. The van der Waals surface area contributed by atoms with Crippen LogP contribution in [0.4, 0.5) is 4.79 Å². The number of nitrogens with one attached hydrogen (secondary N) is 1. The van der Waals surface area contributed by atoms with Crippen LogP contribution in [0.3, 0.4) is 0 Å². The molecule has 27 heavy (non-hydrogen) atoms. The second-order valence-corrected chi connectivity index (χ2v) is 8.75. The highest BCUT2D eigenvalue weighted by molar-refractivity contribution is 5.67. The van der Waals surface area contributed by atoms with E-state index in [0.717, 1.165) is 19.3 Å². The van der Waals surface area contributed by atoms with Gasteiger partial charge >= 0.3 is 12.1 Å². The number of nitrogens with zero attached hydrogens (tertiary/aromatic N) is 2. The highest BCUT2D eigenvalue weighted by atomic mass is 16.5. The highest BCUT2D eigenvalue weighted by Crippen LogP contribution is 2.46. The molecule has 154 valence electrons. The lowest BCUT2D eigenvalue weighted by Crippen LogP contribution is -2.48. The van der Waals surface area contributed by atoms with Crippen molar-refractivity contribution in [3.63, 3.8) is 0 Å². The molecule has 0 bridgehead atoms. The lowest BCUT2D eigenvalue weighted by Gasteiger charge is -2.45. The Bertz CT molecular complexity index is 560. The second-order valence-electron chi connectivity index (χ2n) is 8.75. The molecule has 0 aromatic heterocycles. The Kier molecular flexibility index (Phi) is 8.93. The van der Waals surface area contributed by atoms with Crippen molar-refractivity contribution in [3.05, 3.63) is 0 Å². The van der Waals surface area contributed by atoms with Crippen LogP contribution >= 0.6 is 0 Å². The molecule has 0 saturated heterocycles. The molecule has 1 aliphatic carbocycles. The Balaban J connectivity index is 2.39. The van der Waals surface area contributed by atoms with Crippen molar-refractivity contribution in [2.75, 3.05) is 33.3 Å². The number of likely N-dealkylation sites (N-methyl/N-ethyl adjacent to an activating group) is 1. The number of rotatable bonds is 10. The minimum atomic E-state index is -0.805. The summed E-state index contributed by atoms with van der Waals surface area (Å²) in [4.78, 5) is 38.8. The number of hydrogen-bond donors (Lipinski definition) is 2. The number of amides is 1. The summed E-state index contributed by atoms with van der Waals surface area (Å²) in [5.41, 5.74) is -0.116. The first kappa shape index (κ1) is 23.1. The molecule has 1 amide bonds. The van der Waals surface area contributed by atoms with Crippen molar-refractivity contribution in [1.29, 1.82) is 0 Å². The van der Waals surface area contributed by atoms with Gasteiger partial charge in [-0.15, -0.1) is 0 Å². The molecule has 1 fully saturated rings. The number of carbonyl (C=O) groups is 2. The molecule has 0 radical (unpaired) electrons. The van der Waals surface area contributed by atoms with E-state index in [1.165, 1.54) is 0 Å². The number of alkyl carbamates (subject to hydrolysis) is 1. The van der Waals surface area contributed by atoms with Gasteiger partial charge in [-0.1, -0.05) is 20.8 Å². The molecule has 0 aromatic rings. The molecule has 1 rings (SSSR count). The van der Waals surface area contributed by atoms with E-state index in [0.29, 0.717) is 26.1 Å². The molecule has 0 aromatic carbocycles. The van der Waals surface area contributed by atoms with Crippen LogP contribution < -0.4 is 5.32 Å². The quantitative estimate of drug-likeness (QED) is 0.443. The van der Waals surface area contributed by atoms with Crippen LogP contribution in [0.5, 0.6) is 0 Å². The number of hydrogen-bond acceptors (Lipinski definition) is 6. The fraction of sp³-hybridized carbons (Fsp3) is 0.842. The molecular formula is C19H33N3O5. The van der Waals surface area contributed by atoms with Gasteiger partial charge in [-0.25, -0.2) is 14.6 Å². The Morgan fingerprint density at radius 2 is 2.00 bits per heavy atom. The van der Waals surface area contributed by atoms with Crippen LogP contribution in [0.15, 0.2) is 4.99 Å². The van der Waals surface area contributed by atoms with Crippen LogP contribution in [0.1, 0.15) is 52.9 Å². The topological polar surface area (TPSA) is 108 Å². The van der Waals surface area contributed by atoms with Gasteiger partial charge in [-0.05, 0) is 50.1 Å². The van der Waals surface area contributed by atoms with Crippen molar-refractivity contribution < 1.29 is 24.2 Å². The van der Waals surface area contributed by atoms with Gasteiger partial charge in [-0.2, -0.15) is 0 Å². The van der Waals surface area contributed by atoms with Gasteiger partial charge in [0.15, 0.2) is 0 Å². The lowest BCUT2D eigenvalue weighted by molar-refractivity contribution is -0.137. The zero-order chi connectivity index (χ0) is 20.5. The number of aliphatic carboxylic acids is 1. The Labute approximate surface area is 161 Å². The lowest BCUT2D eigenvalue weighted by atomic mass is 9.62. The van der Waals surface area contributed by atoms with Crippen LogP contribution in [-0.4, -0.2) is 67.5 Å². The van der Waals surface area contributed by atoms with Crippen LogP contribution in [0.25, 0.3) is 0 Å². The SMILES string of the molecule is CN(CCCC(=O)O)CCOC(=O)NC1CC(C)(C)CC(C)(CN=C=O)C1. The number of isocyanates is 1. The number of aliphatic imine (C=N–C) groups is 1. The van der Waals surface area contributed by atoms with E-state index in [9.17, 15) is 14.4 Å². The van der Waals surface area contributed by atoms with Crippen LogP contribution in [-0.2, 0) is 14.3 Å². The smallest absolute Gasteiger partial charge is 0.407 e. The molecule has 2 N–H and O–H groups in total. The first-order valence-corrected chi connectivity index (χ1v) is 9.42. The maximum Gasteiger partial charge on any atom is 0.407 e. The summed E-state index contributed by atoms with van der Waals surface area (Å²) >= 11 is 0. The zero-order valence-corrected chi connectivity index (χ0v) is 16.9. The summed E-state index contributed by atoms with van der Waals surface area (Å²) in [6.07, 6.45) is 4.38. The molecule has 1 aliphatic rings. The number of ether oxygens (including phenoxy) is 1. The molecule has 0 spiro atoms. The summed E-state index contributed by atoms with van der Waals surface area (Å²) in [6, 6.07) is -0.0265. The Hall–Kier alpha value is -1.92. The van der Waals surface area contributed by atoms with Gasteiger partial charge in [0, 0.05) is 19.0 Å². The third kappa shape index (κ3) is 9.54. The third-order valence-corrected chi connectivity index (χ3v) is 4.93. The molecule has 2 unspecified atom stereocenters. The predicted molar refractivity (Wildman–Crippen MR) is 101 cm³/mol. The standard InChI is InChI=1S/C19H33N3O5/c1-18(2)10-15(11-19(3,12-18)13-20-14-23)21-17(26)27-9-8-22(4)7-5-6-16(24)25/h15H,5-13H2,1-4H3,(H,21,26)(H,24,25). The Morgan fingerprint density at radius 1 is 1.30 bits per heavy atom. The fourth-order valence-electron chi connectivity index (χ4n) is 4.19. The van der Waals surface area contributed by atoms with Gasteiger partial charge in [0.25, 0.3) is 0 Å². The minimum absolute atomic E-state index is 0.0265. The summed E-state index contributed by atoms with van der Waals surface area (Å²) in [5.74, 6) is -0.805. The van der Waals surface area contributed by atoms with E-state index >= 15 is 0 Å². The maximum absolute atomic E-state index is 12.1. The largest absolute Gasteiger partial charge is 0.481 e. The molecule has 0 aliphatic heterocycles. The van der Waals surface area contributed by atoms with E-state index < -0.39 is 12.1 Å². The first-order valence-electron chi connectivity index (χ1n) is 9.42. The van der Waals surface area contributed by atoms with E-state index in [2.05, 4.69) is 31.1 Å². The zero-order valence-electron chi connectivity index (χ0n) is 16.9. The van der Waals surface area contributed by atoms with E-state index in [1.807, 2.05) is 11.9 Å². The fourth-order valence-corrected chi connectivity index (χ4v) is 4.19. The van der Waals surface area contributed by atoms with Gasteiger partial charge in [0.2, 0.25) is 6.08 Å². The molecule has 2 atom stereocenters. The summed E-state index contributed by atoms with van der Waals surface area (Å²) < 4.78 is 5.27. The first-order chi connectivity index (χ1) is 12.6. The molecule has 8 heteroatoms. The van der Waals surface area contributed by atoms with E-state index in [1.54, 1.807) is 6.08 Å². The Morgan fingerprint density at radius 3 is 2.63 bits per heavy atom. The monoisotopic (exact) mass is 383 g/mol. The van der Waals surface area contributed by atoms with Crippen molar-refractivity contribution >= 4 is 18.1 Å². The van der Waals surface area contributed by atoms with E-state index in [4.69, 9.17) is 9.84 Å². The van der Waals surface area contributed by atoms with Crippen molar-refractivity contribution in [3.8, 4) is 0 Å². The van der Waals surface area contributed by atoms with Crippen LogP contribution in [0.2, 0.25) is 0 Å². The van der Waals surface area contributed by atoms with E-state index in [-0.39, 0.29) is 29.9 Å². The number of carboxylic acids is 1. The summed E-state index contributed by atoms with van der Waals surface area (Å²) in [6.45, 7) is 8.24. The molecule has 1 saturated carbocycles. The number of carbonyl (C=O) groups excluding carboxylic acids is 2. The van der Waals surface area contributed by atoms with Gasteiger partial charge in [0.05, 0.1) is 6.54 Å². The van der Waals surface area contributed by atoms with Gasteiger partial charge < -0.3 is 20.1 Å². The van der Waals surface area contributed by atoms with Crippen molar-refractivity contribution in [1.82, 2.24) is 10.2 Å². The molecule has 0 heterocycles. The summed E-state index contributed by atoms with van der Waals surface area (Å²) in [5, 5.41) is 11.6. The van der Waals surface area contributed by atoms with Gasteiger partial charge in [-0.3, -0.25) is 4.79 Å². The highest BCUT2D eigenvalue weighted by Gasteiger charge is 2.41. The molecular weight excluding hydrogens is 350 g/mol. The average Bonchev–Trinajstić information content (AvgIpc) is 2.50. The summed E-state index contributed by atoms with van der Waals surface area (Å²) in [7, 11) is 1.87. The predicted octanol–water partition coefficient (Wildman–Crippen LogP) is 2.43. The minimum Gasteiger partial charge on any atom is -0.481 e. The van der Waals surface area contributed by atoms with Crippen molar-refractivity contribution in [2.45, 2.75) is 58.9 Å². The normalized spacial score (nSPS) is 24.1. The number of carboxylic acid groups (broad SMARTS) is 1. The second kappa shape index (κ2) is 10.4. The molecule has 8 nitrogen and oxygen atoms in total. The van der Waals surface area contributed by atoms with Crippen molar-refractivity contribution in [2.24, 2.45) is 15.8 Å². The van der Waals surface area contributed by atoms with Gasteiger partial charge in [0.1, 0.15) is 6.61 Å². The average molecular weight is 383 g/mol.